The van der Waals surface area contributed by atoms with Crippen LogP contribution in [0, 0.1) is 0 Å². The fraction of sp³-hybridized carbons (Fsp3) is 0.556. The molecule has 0 fully saturated rings. The van der Waals surface area contributed by atoms with Crippen LogP contribution in [0.1, 0.15) is 18.5 Å². The van der Waals surface area contributed by atoms with Crippen molar-refractivity contribution >= 4 is 5.91 Å². The van der Waals surface area contributed by atoms with E-state index < -0.39 is 0 Å². The molecule has 1 amide bonds. The second-order valence-electron chi connectivity index (χ2n) is 3.23. The summed E-state index contributed by atoms with van der Waals surface area (Å²) in [5.74, 6) is -0.246. The molecule has 5 heteroatoms. The third-order valence-electron chi connectivity index (χ3n) is 1.85. The van der Waals surface area contributed by atoms with Gasteiger partial charge in [0.05, 0.1) is 5.69 Å². The Morgan fingerprint density at radius 2 is 2.50 bits per heavy atom. The van der Waals surface area contributed by atoms with Gasteiger partial charge in [-0.05, 0) is 19.0 Å². The summed E-state index contributed by atoms with van der Waals surface area (Å²) < 4.78 is 1.76. The second-order valence-corrected chi connectivity index (χ2v) is 3.23. The SMILES string of the molecule is Cn1ccc(CNCCCC(N)=O)n1. The summed E-state index contributed by atoms with van der Waals surface area (Å²) in [5.41, 5.74) is 6.01. The molecule has 0 unspecified atom stereocenters. The van der Waals surface area contributed by atoms with Crippen molar-refractivity contribution in [3.05, 3.63) is 18.0 Å². The lowest BCUT2D eigenvalue weighted by Gasteiger charge is -2.00. The molecule has 1 aromatic heterocycles. The molecule has 0 aliphatic carbocycles. The van der Waals surface area contributed by atoms with E-state index in [0.717, 1.165) is 25.2 Å². The molecule has 1 rings (SSSR count). The van der Waals surface area contributed by atoms with E-state index in [9.17, 15) is 4.79 Å². The van der Waals surface area contributed by atoms with E-state index in [1.807, 2.05) is 19.3 Å². The molecule has 5 nitrogen and oxygen atoms in total. The first-order valence-electron chi connectivity index (χ1n) is 4.66. The molecule has 78 valence electrons. The number of aromatic nitrogens is 2. The van der Waals surface area contributed by atoms with Gasteiger partial charge in [-0.3, -0.25) is 9.48 Å². The van der Waals surface area contributed by atoms with Gasteiger partial charge in [-0.1, -0.05) is 0 Å². The lowest BCUT2D eigenvalue weighted by molar-refractivity contribution is -0.118. The van der Waals surface area contributed by atoms with Gasteiger partial charge in [0.15, 0.2) is 0 Å². The van der Waals surface area contributed by atoms with Crippen LogP contribution in [0.4, 0.5) is 0 Å². The van der Waals surface area contributed by atoms with E-state index >= 15 is 0 Å². The predicted octanol–water partition coefficient (Wildman–Crippen LogP) is -0.225. The number of rotatable bonds is 6. The summed E-state index contributed by atoms with van der Waals surface area (Å²) in [4.78, 5) is 10.4. The van der Waals surface area contributed by atoms with Crippen molar-refractivity contribution < 1.29 is 4.79 Å². The number of nitrogens with one attached hydrogen (secondary N) is 1. The van der Waals surface area contributed by atoms with Crippen molar-refractivity contribution in [1.82, 2.24) is 15.1 Å². The molecule has 0 aliphatic rings. The second kappa shape index (κ2) is 5.39. The Kier molecular flexibility index (Phi) is 4.12. The number of nitrogens with two attached hydrogens (primary N) is 1. The van der Waals surface area contributed by atoms with Gasteiger partial charge < -0.3 is 11.1 Å². The van der Waals surface area contributed by atoms with Crippen LogP contribution in [-0.2, 0) is 18.4 Å². The smallest absolute Gasteiger partial charge is 0.217 e. The van der Waals surface area contributed by atoms with Crippen LogP contribution in [0.15, 0.2) is 12.3 Å². The zero-order valence-electron chi connectivity index (χ0n) is 8.36. The number of aryl methyl sites for hydroxylation is 1. The van der Waals surface area contributed by atoms with Crippen LogP contribution >= 0.6 is 0 Å². The molecule has 0 saturated heterocycles. The fourth-order valence-electron chi connectivity index (χ4n) is 1.16. The van der Waals surface area contributed by atoms with Crippen LogP contribution in [0.3, 0.4) is 0 Å². The molecule has 14 heavy (non-hydrogen) atoms. The zero-order valence-corrected chi connectivity index (χ0v) is 8.36. The van der Waals surface area contributed by atoms with E-state index in [4.69, 9.17) is 5.73 Å². The first-order valence-corrected chi connectivity index (χ1v) is 4.66. The number of amides is 1. The standard InChI is InChI=1S/C9H16N4O/c1-13-6-4-8(12-13)7-11-5-2-3-9(10)14/h4,6,11H,2-3,5,7H2,1H3,(H2,10,14). The summed E-state index contributed by atoms with van der Waals surface area (Å²) in [6.45, 7) is 1.53. The van der Waals surface area contributed by atoms with Crippen molar-refractivity contribution in [3.8, 4) is 0 Å². The van der Waals surface area contributed by atoms with E-state index in [0.29, 0.717) is 6.42 Å². The van der Waals surface area contributed by atoms with Gasteiger partial charge in [0.1, 0.15) is 0 Å². The average Bonchev–Trinajstić information content (AvgIpc) is 2.50. The van der Waals surface area contributed by atoms with Gasteiger partial charge in [-0.15, -0.1) is 0 Å². The molecule has 0 radical (unpaired) electrons. The molecule has 0 aliphatic heterocycles. The van der Waals surface area contributed by atoms with E-state index in [1.165, 1.54) is 0 Å². The van der Waals surface area contributed by atoms with Gasteiger partial charge >= 0.3 is 0 Å². The Hall–Kier alpha value is -1.36. The van der Waals surface area contributed by atoms with Crippen LogP contribution in [0.2, 0.25) is 0 Å². The number of hydrogen-bond acceptors (Lipinski definition) is 3. The summed E-state index contributed by atoms with van der Waals surface area (Å²) in [6.07, 6.45) is 3.12. The Bertz CT molecular complexity index is 295. The van der Waals surface area contributed by atoms with E-state index in [-0.39, 0.29) is 5.91 Å². The van der Waals surface area contributed by atoms with Crippen LogP contribution in [-0.4, -0.2) is 22.2 Å². The van der Waals surface area contributed by atoms with Crippen LogP contribution < -0.4 is 11.1 Å². The maximum absolute atomic E-state index is 10.4. The van der Waals surface area contributed by atoms with Gasteiger partial charge in [0.25, 0.3) is 0 Å². The largest absolute Gasteiger partial charge is 0.370 e. The molecule has 0 atom stereocenters. The molecular weight excluding hydrogens is 180 g/mol. The summed E-state index contributed by atoms with van der Waals surface area (Å²) in [5, 5.41) is 7.39. The lowest BCUT2D eigenvalue weighted by atomic mass is 10.3. The highest BCUT2D eigenvalue weighted by Crippen LogP contribution is 1.93. The maximum Gasteiger partial charge on any atom is 0.217 e. The minimum atomic E-state index is -0.246. The maximum atomic E-state index is 10.4. The Labute approximate surface area is 83.3 Å². The van der Waals surface area contributed by atoms with Gasteiger partial charge in [-0.25, -0.2) is 0 Å². The number of hydrogen-bond donors (Lipinski definition) is 2. The zero-order chi connectivity index (χ0) is 10.4. The minimum absolute atomic E-state index is 0.246. The highest BCUT2D eigenvalue weighted by atomic mass is 16.1. The average molecular weight is 196 g/mol. The molecule has 0 saturated carbocycles. The Balaban J connectivity index is 2.07. The third kappa shape index (κ3) is 4.04. The van der Waals surface area contributed by atoms with Crippen molar-refractivity contribution in [2.75, 3.05) is 6.54 Å². The molecular formula is C9H16N4O. The van der Waals surface area contributed by atoms with E-state index in [2.05, 4.69) is 10.4 Å². The predicted molar refractivity (Wildman–Crippen MR) is 53.3 cm³/mol. The normalized spacial score (nSPS) is 10.4. The van der Waals surface area contributed by atoms with Gasteiger partial charge in [0, 0.05) is 26.2 Å². The Morgan fingerprint density at radius 1 is 1.71 bits per heavy atom. The van der Waals surface area contributed by atoms with Gasteiger partial charge in [0.2, 0.25) is 5.91 Å². The highest BCUT2D eigenvalue weighted by Gasteiger charge is 1.96. The quantitative estimate of drug-likeness (QED) is 0.617. The van der Waals surface area contributed by atoms with Crippen molar-refractivity contribution in [2.45, 2.75) is 19.4 Å². The summed E-state index contributed by atoms with van der Waals surface area (Å²) >= 11 is 0. The van der Waals surface area contributed by atoms with Crippen LogP contribution in [0.25, 0.3) is 0 Å². The highest BCUT2D eigenvalue weighted by molar-refractivity contribution is 5.73. The number of carbonyl (C=O) groups excluding carboxylic acids is 1. The van der Waals surface area contributed by atoms with Crippen LogP contribution in [0.5, 0.6) is 0 Å². The fourth-order valence-corrected chi connectivity index (χ4v) is 1.16. The molecule has 0 bridgehead atoms. The molecule has 1 heterocycles. The summed E-state index contributed by atoms with van der Waals surface area (Å²) in [7, 11) is 1.89. The van der Waals surface area contributed by atoms with Gasteiger partial charge in [-0.2, -0.15) is 5.10 Å². The lowest BCUT2D eigenvalue weighted by Crippen LogP contribution is -2.18. The monoisotopic (exact) mass is 196 g/mol. The van der Waals surface area contributed by atoms with Crippen molar-refractivity contribution in [3.63, 3.8) is 0 Å². The topological polar surface area (TPSA) is 72.9 Å². The Morgan fingerprint density at radius 3 is 3.07 bits per heavy atom. The van der Waals surface area contributed by atoms with Crippen molar-refractivity contribution in [1.29, 1.82) is 0 Å². The third-order valence-corrected chi connectivity index (χ3v) is 1.85. The number of primary amides is 1. The first kappa shape index (κ1) is 10.7. The number of carbonyl (C=O) groups is 1. The molecule has 3 N–H and O–H groups in total. The number of nitrogens with zero attached hydrogens (tertiary/aromatic N) is 2. The van der Waals surface area contributed by atoms with Crippen molar-refractivity contribution in [2.24, 2.45) is 12.8 Å². The molecule has 1 aromatic rings. The molecule has 0 aromatic carbocycles. The summed E-state index contributed by atoms with van der Waals surface area (Å²) in [6, 6.07) is 1.96. The first-order chi connectivity index (χ1) is 6.68. The minimum Gasteiger partial charge on any atom is -0.370 e. The van der Waals surface area contributed by atoms with E-state index in [1.54, 1.807) is 4.68 Å². The molecule has 0 spiro atoms.